The number of halogens is 1. The predicted molar refractivity (Wildman–Crippen MR) is 57.0 cm³/mol. The van der Waals surface area contributed by atoms with Crippen molar-refractivity contribution in [1.29, 1.82) is 0 Å². The Labute approximate surface area is 91.6 Å². The summed E-state index contributed by atoms with van der Waals surface area (Å²) in [6.45, 7) is 1.47. The number of hydrogen-bond donors (Lipinski definition) is 0. The molecule has 0 amide bonds. The topological polar surface area (TPSA) is 43.1 Å². The number of benzene rings is 1. The molecule has 0 radical (unpaired) electrons. The Kier molecular flexibility index (Phi) is 2.56. The molecule has 0 saturated carbocycles. The molecule has 0 unspecified atom stereocenters. The first-order valence-corrected chi connectivity index (χ1v) is 4.78. The number of nitrogens with zero attached hydrogens (tertiary/aromatic N) is 1. The van der Waals surface area contributed by atoms with Gasteiger partial charge in [0.05, 0.1) is 10.6 Å². The van der Waals surface area contributed by atoms with Gasteiger partial charge in [-0.3, -0.25) is 4.79 Å². The van der Waals surface area contributed by atoms with Gasteiger partial charge in [0.1, 0.15) is 12.0 Å². The number of hydrogen-bond acceptors (Lipinski definition) is 3. The Morgan fingerprint density at radius 3 is 2.80 bits per heavy atom. The number of carbonyl (C=O) groups is 1. The van der Waals surface area contributed by atoms with Crippen LogP contribution in [0.2, 0.25) is 5.02 Å². The molecule has 0 saturated heterocycles. The van der Waals surface area contributed by atoms with Crippen molar-refractivity contribution in [3.05, 3.63) is 41.1 Å². The fourth-order valence-electron chi connectivity index (χ4n) is 1.33. The van der Waals surface area contributed by atoms with E-state index in [-0.39, 0.29) is 5.78 Å². The molecule has 1 aromatic carbocycles. The van der Waals surface area contributed by atoms with Gasteiger partial charge in [-0.05, 0) is 13.0 Å². The molecule has 0 aliphatic rings. The van der Waals surface area contributed by atoms with Crippen LogP contribution in [-0.4, -0.2) is 10.9 Å². The third-order valence-corrected chi connectivity index (χ3v) is 2.41. The molecule has 0 spiro atoms. The molecule has 0 bridgehead atoms. The van der Waals surface area contributed by atoms with Crippen molar-refractivity contribution in [1.82, 2.24) is 5.16 Å². The van der Waals surface area contributed by atoms with Gasteiger partial charge >= 0.3 is 0 Å². The molecule has 76 valence electrons. The van der Waals surface area contributed by atoms with Crippen LogP contribution in [0.25, 0.3) is 11.3 Å². The average molecular weight is 222 g/mol. The lowest BCUT2D eigenvalue weighted by Crippen LogP contribution is -1.93. The summed E-state index contributed by atoms with van der Waals surface area (Å²) in [6.07, 6.45) is 1.33. The van der Waals surface area contributed by atoms with Crippen LogP contribution in [-0.2, 0) is 0 Å². The number of carbonyl (C=O) groups excluding carboxylic acids is 1. The number of Topliss-reactive ketones (excluding diaryl/α,β-unsaturated/α-hetero) is 1. The molecule has 2 rings (SSSR count). The Morgan fingerprint density at radius 1 is 1.40 bits per heavy atom. The van der Waals surface area contributed by atoms with E-state index in [2.05, 4.69) is 5.16 Å². The Morgan fingerprint density at radius 2 is 2.13 bits per heavy atom. The Hall–Kier alpha value is -1.61. The Bertz CT molecular complexity index is 505. The molecule has 2 aromatic rings. The van der Waals surface area contributed by atoms with E-state index in [0.717, 1.165) is 0 Å². The lowest BCUT2D eigenvalue weighted by Gasteiger charge is -2.00. The first-order chi connectivity index (χ1) is 7.20. The molecule has 3 nitrogen and oxygen atoms in total. The van der Waals surface area contributed by atoms with Crippen LogP contribution < -0.4 is 0 Å². The van der Waals surface area contributed by atoms with Gasteiger partial charge in [0.25, 0.3) is 0 Å². The fourth-order valence-corrected chi connectivity index (χ4v) is 1.56. The van der Waals surface area contributed by atoms with Crippen LogP contribution in [0.15, 0.2) is 35.1 Å². The van der Waals surface area contributed by atoms with Crippen molar-refractivity contribution in [3.8, 4) is 11.3 Å². The molecular formula is C11H8ClNO2. The van der Waals surface area contributed by atoms with Gasteiger partial charge in [0.15, 0.2) is 5.78 Å². The Balaban J connectivity index is 2.59. The van der Waals surface area contributed by atoms with Gasteiger partial charge in [0.2, 0.25) is 0 Å². The molecule has 0 fully saturated rings. The van der Waals surface area contributed by atoms with E-state index in [9.17, 15) is 4.79 Å². The van der Waals surface area contributed by atoms with Crippen LogP contribution >= 0.6 is 11.6 Å². The lowest BCUT2D eigenvalue weighted by atomic mass is 10.1. The van der Waals surface area contributed by atoms with Crippen molar-refractivity contribution in [2.45, 2.75) is 6.92 Å². The molecule has 15 heavy (non-hydrogen) atoms. The zero-order valence-electron chi connectivity index (χ0n) is 8.03. The second-order valence-corrected chi connectivity index (χ2v) is 3.52. The van der Waals surface area contributed by atoms with Gasteiger partial charge in [-0.15, -0.1) is 0 Å². The van der Waals surface area contributed by atoms with Crippen LogP contribution in [0.4, 0.5) is 0 Å². The zero-order valence-corrected chi connectivity index (χ0v) is 8.78. The van der Waals surface area contributed by atoms with Gasteiger partial charge in [-0.25, -0.2) is 0 Å². The highest BCUT2D eigenvalue weighted by Crippen LogP contribution is 2.29. The largest absolute Gasteiger partial charge is 0.363 e. The highest BCUT2D eigenvalue weighted by molar-refractivity contribution is 6.33. The maximum Gasteiger partial charge on any atom is 0.165 e. The molecule has 1 aromatic heterocycles. The molecule has 0 N–H and O–H groups in total. The SMILES string of the molecule is CC(=O)c1conc1-c1ccccc1Cl. The van der Waals surface area contributed by atoms with Crippen LogP contribution in [0, 0.1) is 0 Å². The number of ketones is 1. The maximum atomic E-state index is 11.3. The zero-order chi connectivity index (χ0) is 10.8. The molecule has 0 aliphatic carbocycles. The lowest BCUT2D eigenvalue weighted by molar-refractivity contribution is 0.101. The molecule has 0 atom stereocenters. The highest BCUT2D eigenvalue weighted by atomic mass is 35.5. The van der Waals surface area contributed by atoms with Crippen molar-refractivity contribution >= 4 is 17.4 Å². The molecule has 1 heterocycles. The van der Waals surface area contributed by atoms with Crippen molar-refractivity contribution in [2.24, 2.45) is 0 Å². The van der Waals surface area contributed by atoms with Crippen molar-refractivity contribution in [2.75, 3.05) is 0 Å². The smallest absolute Gasteiger partial charge is 0.165 e. The van der Waals surface area contributed by atoms with Crippen molar-refractivity contribution in [3.63, 3.8) is 0 Å². The molecular weight excluding hydrogens is 214 g/mol. The first kappa shape index (κ1) is 9.93. The normalized spacial score (nSPS) is 10.3. The number of aromatic nitrogens is 1. The molecule has 4 heteroatoms. The van der Waals surface area contributed by atoms with E-state index in [1.807, 2.05) is 12.1 Å². The maximum absolute atomic E-state index is 11.3. The summed E-state index contributed by atoms with van der Waals surface area (Å²) in [5.74, 6) is -0.0915. The van der Waals surface area contributed by atoms with E-state index >= 15 is 0 Å². The second-order valence-electron chi connectivity index (χ2n) is 3.11. The minimum Gasteiger partial charge on any atom is -0.363 e. The summed E-state index contributed by atoms with van der Waals surface area (Å²) in [5, 5.41) is 4.34. The minimum atomic E-state index is -0.0915. The third-order valence-electron chi connectivity index (χ3n) is 2.08. The summed E-state index contributed by atoms with van der Waals surface area (Å²) in [7, 11) is 0. The summed E-state index contributed by atoms with van der Waals surface area (Å²) >= 11 is 6.00. The van der Waals surface area contributed by atoms with Crippen LogP contribution in [0.3, 0.4) is 0 Å². The first-order valence-electron chi connectivity index (χ1n) is 4.40. The minimum absolute atomic E-state index is 0.0915. The summed E-state index contributed by atoms with van der Waals surface area (Å²) < 4.78 is 4.79. The summed E-state index contributed by atoms with van der Waals surface area (Å²) in [5.41, 5.74) is 1.65. The van der Waals surface area contributed by atoms with Crippen LogP contribution in [0.5, 0.6) is 0 Å². The quantitative estimate of drug-likeness (QED) is 0.732. The van der Waals surface area contributed by atoms with E-state index in [4.69, 9.17) is 16.1 Å². The third kappa shape index (κ3) is 1.78. The number of rotatable bonds is 2. The van der Waals surface area contributed by atoms with Crippen LogP contribution in [0.1, 0.15) is 17.3 Å². The average Bonchev–Trinajstić information content (AvgIpc) is 2.67. The van der Waals surface area contributed by atoms with Crippen molar-refractivity contribution < 1.29 is 9.32 Å². The van der Waals surface area contributed by atoms with Gasteiger partial charge in [-0.2, -0.15) is 0 Å². The van der Waals surface area contributed by atoms with Gasteiger partial charge in [0, 0.05) is 5.56 Å². The molecule has 0 aliphatic heterocycles. The van der Waals surface area contributed by atoms with E-state index in [0.29, 0.717) is 21.8 Å². The van der Waals surface area contributed by atoms with E-state index in [1.54, 1.807) is 12.1 Å². The monoisotopic (exact) mass is 221 g/mol. The fraction of sp³-hybridized carbons (Fsp3) is 0.0909. The van der Waals surface area contributed by atoms with E-state index < -0.39 is 0 Å². The van der Waals surface area contributed by atoms with E-state index in [1.165, 1.54) is 13.2 Å². The van der Waals surface area contributed by atoms with Gasteiger partial charge in [-0.1, -0.05) is 35.0 Å². The predicted octanol–water partition coefficient (Wildman–Crippen LogP) is 3.20. The van der Waals surface area contributed by atoms with Gasteiger partial charge < -0.3 is 4.52 Å². The second kappa shape index (κ2) is 3.87. The standard InChI is InChI=1S/C11H8ClNO2/c1-7(14)9-6-15-13-11(9)8-4-2-3-5-10(8)12/h2-6H,1H3. The summed E-state index contributed by atoms with van der Waals surface area (Å²) in [4.78, 5) is 11.3. The highest BCUT2D eigenvalue weighted by Gasteiger charge is 2.15. The summed E-state index contributed by atoms with van der Waals surface area (Å²) in [6, 6.07) is 7.20.